The molecular formula is C27H31ClFN5O4S. The zero-order valence-corrected chi connectivity index (χ0v) is 24.1. The summed E-state index contributed by atoms with van der Waals surface area (Å²) in [5.41, 5.74) is 0.684. The molecule has 0 radical (unpaired) electrons. The molecule has 0 spiro atoms. The number of fused-ring (bicyclic) bond motifs is 2. The minimum atomic E-state index is -0.702. The van der Waals surface area contributed by atoms with Crippen LogP contribution in [0.2, 0.25) is 5.15 Å². The number of hydrogen-bond acceptors (Lipinski definition) is 8. The van der Waals surface area contributed by atoms with Gasteiger partial charge in [0, 0.05) is 30.6 Å². The van der Waals surface area contributed by atoms with Crippen molar-refractivity contribution in [1.29, 1.82) is 0 Å². The normalized spacial score (nSPS) is 23.8. The van der Waals surface area contributed by atoms with E-state index in [4.69, 9.17) is 21.1 Å². The molecule has 4 fully saturated rings. The monoisotopic (exact) mass is 575 g/mol. The van der Waals surface area contributed by atoms with Crippen LogP contribution in [0.4, 0.5) is 19.7 Å². The summed E-state index contributed by atoms with van der Waals surface area (Å²) in [5.74, 6) is 5.98. The van der Waals surface area contributed by atoms with Crippen LogP contribution in [0.1, 0.15) is 45.6 Å². The van der Waals surface area contributed by atoms with E-state index in [0.29, 0.717) is 34.8 Å². The summed E-state index contributed by atoms with van der Waals surface area (Å²) in [6, 6.07) is -0.449. The van der Waals surface area contributed by atoms with E-state index in [-0.39, 0.29) is 40.8 Å². The van der Waals surface area contributed by atoms with Crippen LogP contribution in [0.3, 0.4) is 0 Å². The number of thioether (sulfide) groups is 1. The Morgan fingerprint density at radius 3 is 2.74 bits per heavy atom. The van der Waals surface area contributed by atoms with Gasteiger partial charge in [0.05, 0.1) is 36.5 Å². The molecule has 208 valence electrons. The second-order valence-corrected chi connectivity index (χ2v) is 12.1. The molecule has 1 saturated carbocycles. The maximum absolute atomic E-state index is 15.1. The molecule has 1 N–H and O–H groups in total. The second kappa shape index (κ2) is 10.5. The van der Waals surface area contributed by atoms with Crippen molar-refractivity contribution in [1.82, 2.24) is 19.8 Å². The van der Waals surface area contributed by atoms with Gasteiger partial charge in [0.1, 0.15) is 16.1 Å². The summed E-state index contributed by atoms with van der Waals surface area (Å²) in [6.07, 6.45) is 4.98. The highest BCUT2D eigenvalue weighted by atomic mass is 35.5. The van der Waals surface area contributed by atoms with Crippen LogP contribution in [0.15, 0.2) is 11.2 Å². The standard InChI is InChI=1S/C27H31ClFN5O4S/c1-27(2,3)38-26(36)34-13-14-11-18(34)20(14)31-21-16(9-8-15-7-6-10-33(15)25(35)37-4)24(39-5)32-22-17(21)12-30-23(28)19(22)29/h12,14-15,18,20H,6-7,10-11,13H2,1-5H3,(H,31,32)/t14-,15-,18-,20+/m1/s1. The zero-order chi connectivity index (χ0) is 28.1. The summed E-state index contributed by atoms with van der Waals surface area (Å²) in [7, 11) is 1.35. The van der Waals surface area contributed by atoms with Crippen molar-refractivity contribution in [2.75, 3.05) is 31.8 Å². The van der Waals surface area contributed by atoms with E-state index >= 15 is 4.39 Å². The average molecular weight is 576 g/mol. The second-order valence-electron chi connectivity index (χ2n) is 11.0. The lowest BCUT2D eigenvalue weighted by Gasteiger charge is -2.38. The molecule has 4 atom stereocenters. The van der Waals surface area contributed by atoms with Crippen molar-refractivity contribution < 1.29 is 23.5 Å². The molecular weight excluding hydrogens is 545 g/mol. The summed E-state index contributed by atoms with van der Waals surface area (Å²) in [5, 5.41) is 4.30. The number of pyridine rings is 2. The summed E-state index contributed by atoms with van der Waals surface area (Å²) >= 11 is 7.34. The first-order valence-electron chi connectivity index (χ1n) is 12.9. The lowest BCUT2D eigenvalue weighted by molar-refractivity contribution is 0.0239. The largest absolute Gasteiger partial charge is 0.453 e. The van der Waals surface area contributed by atoms with Crippen LogP contribution in [0, 0.1) is 23.6 Å². The number of amides is 2. The van der Waals surface area contributed by atoms with Crippen molar-refractivity contribution in [2.24, 2.45) is 5.92 Å². The van der Waals surface area contributed by atoms with Gasteiger partial charge in [-0.2, -0.15) is 0 Å². The Bertz CT molecular complexity index is 1390. The van der Waals surface area contributed by atoms with Crippen LogP contribution in [0.25, 0.3) is 10.9 Å². The van der Waals surface area contributed by atoms with Gasteiger partial charge >= 0.3 is 12.2 Å². The Kier molecular flexibility index (Phi) is 7.46. The Labute approximate surface area is 236 Å². The SMILES string of the molecule is COC(=O)N1CCC[C@@H]1C#Cc1c(SC)nc2c(F)c(Cl)ncc2c1N[C@H]1[C@@H]2C[C@H]1N(C(=O)OC(C)(C)C)C2. The van der Waals surface area contributed by atoms with Gasteiger partial charge in [-0.3, -0.25) is 4.90 Å². The number of rotatable bonds is 3. The van der Waals surface area contributed by atoms with E-state index in [1.54, 1.807) is 9.80 Å². The highest BCUT2D eigenvalue weighted by molar-refractivity contribution is 7.98. The number of likely N-dealkylation sites (tertiary alicyclic amines) is 1. The van der Waals surface area contributed by atoms with Crippen LogP contribution < -0.4 is 5.32 Å². The molecule has 0 aromatic carbocycles. The average Bonchev–Trinajstić information content (AvgIpc) is 3.62. The van der Waals surface area contributed by atoms with Gasteiger partial charge in [-0.05, 0) is 46.3 Å². The number of methoxy groups -OCH3 is 1. The first kappa shape index (κ1) is 27.6. The van der Waals surface area contributed by atoms with Crippen molar-refractivity contribution in [2.45, 2.75) is 68.8 Å². The molecule has 2 bridgehead atoms. The lowest BCUT2D eigenvalue weighted by Crippen LogP contribution is -2.50. The van der Waals surface area contributed by atoms with E-state index in [9.17, 15) is 9.59 Å². The Balaban J connectivity index is 1.54. The number of carbonyl (C=O) groups is 2. The number of hydrogen-bond donors (Lipinski definition) is 1. The quantitative estimate of drug-likeness (QED) is 0.305. The fourth-order valence-corrected chi connectivity index (χ4v) is 6.18. The van der Waals surface area contributed by atoms with Crippen molar-refractivity contribution >= 4 is 52.1 Å². The fraction of sp³-hybridized carbons (Fsp3) is 0.556. The van der Waals surface area contributed by atoms with Crippen LogP contribution >= 0.6 is 23.4 Å². The van der Waals surface area contributed by atoms with Crippen molar-refractivity contribution in [3.05, 3.63) is 22.7 Å². The highest BCUT2D eigenvalue weighted by Gasteiger charge is 2.55. The Morgan fingerprint density at radius 1 is 1.28 bits per heavy atom. The van der Waals surface area contributed by atoms with E-state index in [0.717, 1.165) is 19.3 Å². The predicted molar refractivity (Wildman–Crippen MR) is 148 cm³/mol. The number of nitrogens with one attached hydrogen (secondary N) is 1. The van der Waals surface area contributed by atoms with Crippen molar-refractivity contribution in [3.8, 4) is 11.8 Å². The van der Waals surface area contributed by atoms with Gasteiger partial charge in [0.15, 0.2) is 11.0 Å². The number of anilines is 1. The van der Waals surface area contributed by atoms with Gasteiger partial charge in [-0.15, -0.1) is 11.8 Å². The van der Waals surface area contributed by atoms with Gasteiger partial charge in [0.25, 0.3) is 0 Å². The Hall–Kier alpha value is -2.97. The van der Waals surface area contributed by atoms with Crippen LogP contribution in [-0.4, -0.2) is 82.1 Å². The van der Waals surface area contributed by atoms with Crippen molar-refractivity contribution in [3.63, 3.8) is 0 Å². The summed E-state index contributed by atoms with van der Waals surface area (Å²) < 4.78 is 25.6. The minimum Gasteiger partial charge on any atom is -0.453 e. The zero-order valence-electron chi connectivity index (χ0n) is 22.5. The predicted octanol–water partition coefficient (Wildman–Crippen LogP) is 5.15. The number of carbonyl (C=O) groups excluding carboxylic acids is 2. The lowest BCUT2D eigenvalue weighted by atomic mass is 9.79. The summed E-state index contributed by atoms with van der Waals surface area (Å²) in [6.45, 7) is 6.68. The molecule has 4 aliphatic rings. The maximum atomic E-state index is 15.1. The number of nitrogens with zero attached hydrogens (tertiary/aromatic N) is 4. The smallest absolute Gasteiger partial charge is 0.410 e. The van der Waals surface area contributed by atoms with Gasteiger partial charge < -0.3 is 19.7 Å². The van der Waals surface area contributed by atoms with E-state index in [1.807, 2.05) is 27.0 Å². The highest BCUT2D eigenvalue weighted by Crippen LogP contribution is 2.45. The number of halogens is 2. The molecule has 12 heteroatoms. The first-order chi connectivity index (χ1) is 18.5. The molecule has 2 amide bonds. The first-order valence-corrected chi connectivity index (χ1v) is 14.5. The molecule has 9 nitrogen and oxygen atoms in total. The fourth-order valence-electron chi connectivity index (χ4n) is 5.50. The molecule has 1 aliphatic carbocycles. The molecule has 2 aromatic heterocycles. The minimum absolute atomic E-state index is 0.0682. The number of ether oxygens (including phenoxy) is 2. The molecule has 0 unspecified atom stereocenters. The summed E-state index contributed by atoms with van der Waals surface area (Å²) in [4.78, 5) is 37.0. The molecule has 39 heavy (non-hydrogen) atoms. The van der Waals surface area contributed by atoms with Gasteiger partial charge in [-0.1, -0.05) is 23.4 Å². The third kappa shape index (κ3) is 5.16. The third-order valence-corrected chi connectivity index (χ3v) is 8.30. The Morgan fingerprint density at radius 2 is 2.05 bits per heavy atom. The third-order valence-electron chi connectivity index (χ3n) is 7.35. The molecule has 3 aliphatic heterocycles. The molecule has 6 rings (SSSR count). The molecule has 3 saturated heterocycles. The van der Waals surface area contributed by atoms with Gasteiger partial charge in [-0.25, -0.2) is 23.9 Å². The molecule has 2 aromatic rings. The number of aromatic nitrogens is 2. The maximum Gasteiger partial charge on any atom is 0.410 e. The van der Waals surface area contributed by atoms with E-state index < -0.39 is 17.5 Å². The van der Waals surface area contributed by atoms with E-state index in [1.165, 1.54) is 25.1 Å². The molecule has 5 heterocycles. The van der Waals surface area contributed by atoms with E-state index in [2.05, 4.69) is 27.1 Å². The topological polar surface area (TPSA) is 96.9 Å². The van der Waals surface area contributed by atoms with Gasteiger partial charge in [0.2, 0.25) is 0 Å². The van der Waals surface area contributed by atoms with Crippen LogP contribution in [-0.2, 0) is 9.47 Å². The van der Waals surface area contributed by atoms with Crippen LogP contribution in [0.5, 0.6) is 0 Å².